The molecule has 2 rings (SSSR count). The van der Waals surface area contributed by atoms with Crippen LogP contribution in [0.25, 0.3) is 10.1 Å². The van der Waals surface area contributed by atoms with Gasteiger partial charge < -0.3 is 4.74 Å². The number of thiophene rings is 1. The SMILES string of the molecule is COC(=S)c1cc2cc(C)ccc2s1. The van der Waals surface area contributed by atoms with Crippen molar-refractivity contribution in [2.45, 2.75) is 6.92 Å². The number of fused-ring (bicyclic) bond motifs is 1. The third-order valence-electron chi connectivity index (χ3n) is 2.06. The zero-order valence-corrected chi connectivity index (χ0v) is 9.67. The Hall–Kier alpha value is -0.930. The van der Waals surface area contributed by atoms with Gasteiger partial charge in [0.05, 0.1) is 12.0 Å². The number of aryl methyl sites for hydroxylation is 1. The van der Waals surface area contributed by atoms with Gasteiger partial charge >= 0.3 is 0 Å². The molecule has 0 fully saturated rings. The number of thiocarbonyl (C=S) groups is 1. The van der Waals surface area contributed by atoms with Crippen LogP contribution in [0.15, 0.2) is 24.3 Å². The number of benzene rings is 1. The molecule has 2 aromatic rings. The highest BCUT2D eigenvalue weighted by atomic mass is 32.1. The maximum atomic E-state index is 5.08. The average Bonchev–Trinajstić information content (AvgIpc) is 2.59. The summed E-state index contributed by atoms with van der Waals surface area (Å²) in [6.45, 7) is 2.09. The van der Waals surface area contributed by atoms with Crippen LogP contribution in [0.4, 0.5) is 0 Å². The van der Waals surface area contributed by atoms with Crippen molar-refractivity contribution in [1.82, 2.24) is 0 Å². The van der Waals surface area contributed by atoms with E-state index in [1.165, 1.54) is 15.6 Å². The summed E-state index contributed by atoms with van der Waals surface area (Å²) in [5, 5.41) is 1.81. The topological polar surface area (TPSA) is 9.23 Å². The monoisotopic (exact) mass is 222 g/mol. The van der Waals surface area contributed by atoms with Gasteiger partial charge in [0.2, 0.25) is 5.05 Å². The first kappa shape index (κ1) is 9.62. The molecule has 1 aromatic heterocycles. The second-order valence-electron chi connectivity index (χ2n) is 3.14. The maximum absolute atomic E-state index is 5.08. The van der Waals surface area contributed by atoms with Gasteiger partial charge in [0.1, 0.15) is 0 Å². The summed E-state index contributed by atoms with van der Waals surface area (Å²) >= 11 is 6.76. The minimum atomic E-state index is 0.573. The molecule has 0 saturated carbocycles. The zero-order valence-electron chi connectivity index (χ0n) is 8.03. The zero-order chi connectivity index (χ0) is 10.1. The van der Waals surface area contributed by atoms with Crippen LogP contribution in [0.5, 0.6) is 0 Å². The van der Waals surface area contributed by atoms with E-state index in [1.807, 2.05) is 0 Å². The molecule has 0 amide bonds. The van der Waals surface area contributed by atoms with Crippen LogP contribution in [0.2, 0.25) is 0 Å². The lowest BCUT2D eigenvalue weighted by Crippen LogP contribution is -1.94. The van der Waals surface area contributed by atoms with Gasteiger partial charge in [-0.25, -0.2) is 0 Å². The summed E-state index contributed by atoms with van der Waals surface area (Å²) in [5.74, 6) is 0. The first-order chi connectivity index (χ1) is 6.70. The minimum Gasteiger partial charge on any atom is -0.486 e. The summed E-state index contributed by atoms with van der Waals surface area (Å²) < 4.78 is 6.29. The summed E-state index contributed by atoms with van der Waals surface area (Å²) in [6.07, 6.45) is 0. The van der Waals surface area contributed by atoms with Crippen molar-refractivity contribution in [3.05, 3.63) is 34.7 Å². The Balaban J connectivity index is 2.56. The van der Waals surface area contributed by atoms with Crippen molar-refractivity contribution < 1.29 is 4.74 Å². The van der Waals surface area contributed by atoms with E-state index in [1.54, 1.807) is 18.4 Å². The fourth-order valence-corrected chi connectivity index (χ4v) is 2.51. The van der Waals surface area contributed by atoms with Crippen molar-refractivity contribution in [3.8, 4) is 0 Å². The number of hydrogen-bond donors (Lipinski definition) is 0. The van der Waals surface area contributed by atoms with Gasteiger partial charge in [0.15, 0.2) is 0 Å². The molecular formula is C11H10OS2. The Morgan fingerprint density at radius 2 is 2.14 bits per heavy atom. The molecule has 1 heterocycles. The van der Waals surface area contributed by atoms with Crippen LogP contribution in [-0.2, 0) is 4.74 Å². The van der Waals surface area contributed by atoms with Crippen LogP contribution in [0.3, 0.4) is 0 Å². The van der Waals surface area contributed by atoms with E-state index in [2.05, 4.69) is 31.2 Å². The van der Waals surface area contributed by atoms with E-state index in [4.69, 9.17) is 17.0 Å². The molecule has 0 aliphatic rings. The van der Waals surface area contributed by atoms with Crippen molar-refractivity contribution >= 4 is 38.7 Å². The number of hydrogen-bond acceptors (Lipinski definition) is 3. The van der Waals surface area contributed by atoms with Gasteiger partial charge in [-0.2, -0.15) is 0 Å². The van der Waals surface area contributed by atoms with Crippen molar-refractivity contribution in [3.63, 3.8) is 0 Å². The molecule has 0 radical (unpaired) electrons. The lowest BCUT2D eigenvalue weighted by molar-refractivity contribution is 0.417. The van der Waals surface area contributed by atoms with Crippen LogP contribution >= 0.6 is 23.6 Å². The van der Waals surface area contributed by atoms with E-state index >= 15 is 0 Å². The highest BCUT2D eigenvalue weighted by Gasteiger charge is 2.06. The Bertz CT molecular complexity index is 485. The van der Waals surface area contributed by atoms with Crippen LogP contribution in [0, 0.1) is 6.92 Å². The van der Waals surface area contributed by atoms with Gasteiger partial charge in [0.25, 0.3) is 0 Å². The third kappa shape index (κ3) is 1.65. The molecule has 0 aliphatic heterocycles. The molecule has 1 aromatic carbocycles. The third-order valence-corrected chi connectivity index (χ3v) is 3.69. The van der Waals surface area contributed by atoms with Crippen LogP contribution in [-0.4, -0.2) is 12.2 Å². The first-order valence-corrected chi connectivity index (χ1v) is 5.51. The second-order valence-corrected chi connectivity index (χ2v) is 4.60. The fourth-order valence-electron chi connectivity index (χ4n) is 1.36. The molecule has 0 N–H and O–H groups in total. The molecule has 0 saturated heterocycles. The van der Waals surface area contributed by atoms with Crippen molar-refractivity contribution in [2.24, 2.45) is 0 Å². The molecule has 0 unspecified atom stereocenters. The molecule has 0 atom stereocenters. The number of ether oxygens (including phenoxy) is 1. The summed E-state index contributed by atoms with van der Waals surface area (Å²) in [4.78, 5) is 1.03. The van der Waals surface area contributed by atoms with E-state index < -0.39 is 0 Å². The molecular weight excluding hydrogens is 212 g/mol. The van der Waals surface area contributed by atoms with Crippen molar-refractivity contribution in [1.29, 1.82) is 0 Å². The van der Waals surface area contributed by atoms with Gasteiger partial charge in [0, 0.05) is 4.70 Å². The lowest BCUT2D eigenvalue weighted by Gasteiger charge is -1.94. The minimum absolute atomic E-state index is 0.573. The standard InChI is InChI=1S/C11H10OS2/c1-7-3-4-9-8(5-7)6-10(14-9)11(13)12-2/h3-6H,1-2H3. The molecule has 72 valence electrons. The smallest absolute Gasteiger partial charge is 0.201 e. The van der Waals surface area contributed by atoms with Gasteiger partial charge in [-0.1, -0.05) is 17.7 Å². The lowest BCUT2D eigenvalue weighted by atomic mass is 10.2. The highest BCUT2D eigenvalue weighted by molar-refractivity contribution is 7.80. The molecule has 0 aliphatic carbocycles. The van der Waals surface area contributed by atoms with E-state index in [0.29, 0.717) is 5.05 Å². The summed E-state index contributed by atoms with van der Waals surface area (Å²) in [7, 11) is 1.61. The molecule has 14 heavy (non-hydrogen) atoms. The Morgan fingerprint density at radius 1 is 1.36 bits per heavy atom. The predicted octanol–water partition coefficient (Wildman–Crippen LogP) is 3.53. The Morgan fingerprint density at radius 3 is 2.86 bits per heavy atom. The molecule has 1 nitrogen and oxygen atoms in total. The maximum Gasteiger partial charge on any atom is 0.201 e. The molecule has 3 heteroatoms. The van der Waals surface area contributed by atoms with Crippen LogP contribution in [0.1, 0.15) is 10.4 Å². The average molecular weight is 222 g/mol. The van der Waals surface area contributed by atoms with Crippen molar-refractivity contribution in [2.75, 3.05) is 7.11 Å². The fraction of sp³-hybridized carbons (Fsp3) is 0.182. The normalized spacial score (nSPS) is 10.4. The second kappa shape index (κ2) is 3.67. The largest absolute Gasteiger partial charge is 0.486 e. The predicted molar refractivity (Wildman–Crippen MR) is 65.3 cm³/mol. The quantitative estimate of drug-likeness (QED) is 0.683. The number of rotatable bonds is 1. The Kier molecular flexibility index (Phi) is 2.52. The van der Waals surface area contributed by atoms with E-state index in [9.17, 15) is 0 Å². The first-order valence-electron chi connectivity index (χ1n) is 4.29. The van der Waals surface area contributed by atoms with Crippen LogP contribution < -0.4 is 0 Å². The van der Waals surface area contributed by atoms with Gasteiger partial charge in [-0.05, 0) is 36.7 Å². The van der Waals surface area contributed by atoms with E-state index in [0.717, 1.165) is 4.88 Å². The molecule has 0 spiro atoms. The molecule has 0 bridgehead atoms. The summed E-state index contributed by atoms with van der Waals surface area (Å²) in [5.41, 5.74) is 1.27. The van der Waals surface area contributed by atoms with Gasteiger partial charge in [-0.3, -0.25) is 0 Å². The summed E-state index contributed by atoms with van der Waals surface area (Å²) in [6, 6.07) is 8.47. The Labute approximate surface area is 92.3 Å². The number of methoxy groups -OCH3 is 1. The van der Waals surface area contributed by atoms with Gasteiger partial charge in [-0.15, -0.1) is 11.3 Å². The van der Waals surface area contributed by atoms with E-state index in [-0.39, 0.29) is 0 Å². The highest BCUT2D eigenvalue weighted by Crippen LogP contribution is 2.27.